The number of ether oxygens (including phenoxy) is 2. The van der Waals surface area contributed by atoms with Gasteiger partial charge in [-0.1, -0.05) is 0 Å². The summed E-state index contributed by atoms with van der Waals surface area (Å²) in [6.45, 7) is 3.87. The molecule has 2 rings (SSSR count). The number of carbonyl (C=O) groups is 2. The predicted molar refractivity (Wildman–Crippen MR) is 89.0 cm³/mol. The summed E-state index contributed by atoms with van der Waals surface area (Å²) in [6, 6.07) is 4.95. The van der Waals surface area contributed by atoms with E-state index in [4.69, 9.17) is 14.6 Å². The lowest BCUT2D eigenvalue weighted by molar-refractivity contribution is 0.0691. The van der Waals surface area contributed by atoms with E-state index in [9.17, 15) is 9.59 Å². The maximum atomic E-state index is 12.4. The van der Waals surface area contributed by atoms with Crippen LogP contribution in [0.1, 0.15) is 39.7 Å². The van der Waals surface area contributed by atoms with Gasteiger partial charge in [-0.2, -0.15) is 0 Å². The first-order valence-corrected chi connectivity index (χ1v) is 8.09. The Hall–Kier alpha value is -2.61. The van der Waals surface area contributed by atoms with Crippen molar-refractivity contribution in [1.29, 1.82) is 0 Å². The van der Waals surface area contributed by atoms with E-state index in [1.807, 2.05) is 13.8 Å². The molecule has 0 spiro atoms. The van der Waals surface area contributed by atoms with E-state index in [0.717, 1.165) is 0 Å². The molecule has 0 aliphatic carbocycles. The summed E-state index contributed by atoms with van der Waals surface area (Å²) in [5.41, 5.74) is 0.344. The number of nitrogens with zero attached hydrogens (tertiary/aromatic N) is 1. The van der Waals surface area contributed by atoms with Crippen LogP contribution in [0.25, 0.3) is 0 Å². The highest BCUT2D eigenvalue weighted by Gasteiger charge is 2.16. The van der Waals surface area contributed by atoms with Gasteiger partial charge in [-0.15, -0.1) is 11.3 Å². The predicted octanol–water partition coefficient (Wildman–Crippen LogP) is 2.57. The molecule has 0 fully saturated rings. The largest absolute Gasteiger partial charge is 0.497 e. The van der Waals surface area contributed by atoms with E-state index in [1.54, 1.807) is 18.2 Å². The molecule has 0 aliphatic rings. The minimum Gasteiger partial charge on any atom is -0.497 e. The normalized spacial score (nSPS) is 10.5. The number of carbonyl (C=O) groups excluding carboxylic acids is 1. The van der Waals surface area contributed by atoms with Crippen LogP contribution in [0.2, 0.25) is 0 Å². The quantitative estimate of drug-likeness (QED) is 0.796. The molecule has 0 bridgehead atoms. The Balaban J connectivity index is 2.11. The molecule has 2 aromatic rings. The summed E-state index contributed by atoms with van der Waals surface area (Å²) < 4.78 is 10.8. The number of aromatic carboxylic acids is 1. The van der Waals surface area contributed by atoms with Gasteiger partial charge in [0.2, 0.25) is 0 Å². The van der Waals surface area contributed by atoms with Gasteiger partial charge in [0.1, 0.15) is 16.5 Å². The molecule has 0 saturated heterocycles. The number of thiazole rings is 1. The third-order valence-corrected chi connectivity index (χ3v) is 3.82. The van der Waals surface area contributed by atoms with Gasteiger partial charge >= 0.3 is 5.97 Å². The molecule has 0 saturated carbocycles. The Kier molecular flexibility index (Phi) is 5.75. The lowest BCUT2D eigenvalue weighted by atomic mass is 10.1. The number of aromatic nitrogens is 1. The van der Waals surface area contributed by atoms with Gasteiger partial charge in [0.15, 0.2) is 5.69 Å². The van der Waals surface area contributed by atoms with Crippen molar-refractivity contribution in [2.24, 2.45) is 0 Å². The Labute approximate surface area is 143 Å². The number of benzene rings is 1. The molecule has 7 nitrogen and oxygen atoms in total. The molecule has 24 heavy (non-hydrogen) atoms. The molecule has 8 heteroatoms. The van der Waals surface area contributed by atoms with Crippen molar-refractivity contribution in [2.45, 2.75) is 26.5 Å². The average Bonchev–Trinajstić information content (AvgIpc) is 3.01. The van der Waals surface area contributed by atoms with E-state index >= 15 is 0 Å². The van der Waals surface area contributed by atoms with Crippen LogP contribution in [0.15, 0.2) is 23.6 Å². The van der Waals surface area contributed by atoms with Crippen molar-refractivity contribution in [1.82, 2.24) is 10.3 Å². The number of amides is 1. The second kappa shape index (κ2) is 7.78. The van der Waals surface area contributed by atoms with Crippen LogP contribution in [-0.4, -0.2) is 35.2 Å². The van der Waals surface area contributed by atoms with Crippen LogP contribution < -0.4 is 14.8 Å². The molecule has 1 amide bonds. The van der Waals surface area contributed by atoms with Gasteiger partial charge in [-0.3, -0.25) is 4.79 Å². The molecule has 1 heterocycles. The van der Waals surface area contributed by atoms with Gasteiger partial charge in [-0.25, -0.2) is 9.78 Å². The first-order valence-electron chi connectivity index (χ1n) is 7.21. The zero-order valence-electron chi connectivity index (χ0n) is 13.5. The molecule has 0 aliphatic heterocycles. The first kappa shape index (κ1) is 17.7. The van der Waals surface area contributed by atoms with E-state index in [-0.39, 0.29) is 24.2 Å². The average molecular weight is 350 g/mol. The van der Waals surface area contributed by atoms with Crippen LogP contribution in [0.3, 0.4) is 0 Å². The number of rotatable bonds is 7. The molecule has 2 N–H and O–H groups in total. The molecule has 1 aromatic heterocycles. The van der Waals surface area contributed by atoms with Crippen LogP contribution in [0.5, 0.6) is 11.5 Å². The third kappa shape index (κ3) is 4.45. The van der Waals surface area contributed by atoms with Crippen LogP contribution in [0.4, 0.5) is 0 Å². The summed E-state index contributed by atoms with van der Waals surface area (Å²) in [5, 5.41) is 13.5. The monoisotopic (exact) mass is 350 g/mol. The SMILES string of the molecule is COc1ccc(C(=O)NCc2nc(C(=O)O)cs2)c(OC(C)C)c1. The second-order valence-corrected chi connectivity index (χ2v) is 6.09. The molecule has 1 aromatic carbocycles. The lowest BCUT2D eigenvalue weighted by Crippen LogP contribution is -2.24. The highest BCUT2D eigenvalue weighted by Crippen LogP contribution is 2.26. The first-order chi connectivity index (χ1) is 11.4. The van der Waals surface area contributed by atoms with Crippen LogP contribution >= 0.6 is 11.3 Å². The number of nitrogens with one attached hydrogen (secondary N) is 1. The van der Waals surface area contributed by atoms with E-state index in [1.165, 1.54) is 23.8 Å². The minimum atomic E-state index is -1.09. The third-order valence-electron chi connectivity index (χ3n) is 2.97. The number of methoxy groups -OCH3 is 1. The van der Waals surface area contributed by atoms with Gasteiger partial charge in [0, 0.05) is 11.4 Å². The van der Waals surface area contributed by atoms with Crippen molar-refractivity contribution in [2.75, 3.05) is 7.11 Å². The van der Waals surface area contributed by atoms with E-state index in [2.05, 4.69) is 10.3 Å². The van der Waals surface area contributed by atoms with Crippen molar-refractivity contribution in [3.8, 4) is 11.5 Å². The van der Waals surface area contributed by atoms with Crippen molar-refractivity contribution < 1.29 is 24.2 Å². The maximum Gasteiger partial charge on any atom is 0.355 e. The molecular formula is C16H18N2O5S. The van der Waals surface area contributed by atoms with Crippen molar-refractivity contribution >= 4 is 23.2 Å². The summed E-state index contributed by atoms with van der Waals surface area (Å²) in [5.74, 6) is -0.410. The second-order valence-electron chi connectivity index (χ2n) is 5.14. The summed E-state index contributed by atoms with van der Waals surface area (Å²) in [6.07, 6.45) is -0.0965. The van der Waals surface area contributed by atoms with Gasteiger partial charge in [0.05, 0.1) is 25.3 Å². The van der Waals surface area contributed by atoms with Crippen molar-refractivity contribution in [3.63, 3.8) is 0 Å². The number of carboxylic acids is 1. The number of hydrogen-bond donors (Lipinski definition) is 2. The zero-order valence-corrected chi connectivity index (χ0v) is 14.3. The standard InChI is InChI=1S/C16H18N2O5S/c1-9(2)23-13-6-10(22-3)4-5-11(13)15(19)17-7-14-18-12(8-24-14)16(20)21/h4-6,8-9H,7H2,1-3H3,(H,17,19)(H,20,21). The van der Waals surface area contributed by atoms with Gasteiger partial charge < -0.3 is 19.9 Å². The summed E-state index contributed by atoms with van der Waals surface area (Å²) in [4.78, 5) is 27.1. The highest BCUT2D eigenvalue weighted by molar-refractivity contribution is 7.09. The summed E-state index contributed by atoms with van der Waals surface area (Å²) in [7, 11) is 1.54. The van der Waals surface area contributed by atoms with Crippen LogP contribution in [0, 0.1) is 0 Å². The fourth-order valence-electron chi connectivity index (χ4n) is 1.91. The topological polar surface area (TPSA) is 97.8 Å². The number of hydrogen-bond acceptors (Lipinski definition) is 6. The van der Waals surface area contributed by atoms with E-state index < -0.39 is 5.97 Å². The fraction of sp³-hybridized carbons (Fsp3) is 0.312. The van der Waals surface area contributed by atoms with Gasteiger partial charge in [0.25, 0.3) is 5.91 Å². The number of carboxylic acid groups (broad SMARTS) is 1. The zero-order chi connectivity index (χ0) is 17.7. The highest BCUT2D eigenvalue weighted by atomic mass is 32.1. The molecule has 0 unspecified atom stereocenters. The Morgan fingerprint density at radius 3 is 2.71 bits per heavy atom. The Bertz CT molecular complexity index is 742. The van der Waals surface area contributed by atoms with Gasteiger partial charge in [-0.05, 0) is 26.0 Å². The Morgan fingerprint density at radius 1 is 1.38 bits per heavy atom. The van der Waals surface area contributed by atoms with Crippen LogP contribution in [-0.2, 0) is 6.54 Å². The minimum absolute atomic E-state index is 0.0301. The molecule has 0 radical (unpaired) electrons. The van der Waals surface area contributed by atoms with E-state index in [0.29, 0.717) is 22.1 Å². The maximum absolute atomic E-state index is 12.4. The molecule has 0 atom stereocenters. The fourth-order valence-corrected chi connectivity index (χ4v) is 2.62. The lowest BCUT2D eigenvalue weighted by Gasteiger charge is -2.15. The summed E-state index contributed by atoms with van der Waals surface area (Å²) >= 11 is 1.18. The molecular weight excluding hydrogens is 332 g/mol. The molecule has 128 valence electrons. The smallest absolute Gasteiger partial charge is 0.355 e. The Morgan fingerprint density at radius 2 is 2.12 bits per heavy atom. The van der Waals surface area contributed by atoms with Crippen molar-refractivity contribution in [3.05, 3.63) is 39.8 Å².